The fourth-order valence-electron chi connectivity index (χ4n) is 6.89. The van der Waals surface area contributed by atoms with Crippen molar-refractivity contribution in [3.8, 4) is 5.75 Å². The van der Waals surface area contributed by atoms with Gasteiger partial charge in [-0.15, -0.1) is 0 Å². The number of hydrogen-bond acceptors (Lipinski definition) is 4. The highest BCUT2D eigenvalue weighted by Crippen LogP contribution is 2.41. The van der Waals surface area contributed by atoms with Crippen molar-refractivity contribution in [3.05, 3.63) is 102 Å². The van der Waals surface area contributed by atoms with Crippen LogP contribution in [0.4, 0.5) is 0 Å². The molecule has 5 heterocycles. The minimum atomic E-state index is -0.738. The largest absolute Gasteiger partial charge is 0.497 e. The first-order valence-corrected chi connectivity index (χ1v) is 14.1. The Labute approximate surface area is 229 Å². The molecule has 3 aliphatic rings. The highest BCUT2D eigenvalue weighted by atomic mass is 16.5. The summed E-state index contributed by atoms with van der Waals surface area (Å²) < 4.78 is 6.27. The Bertz CT molecular complexity index is 1700. The van der Waals surface area contributed by atoms with Crippen LogP contribution in [0.2, 0.25) is 0 Å². The summed E-state index contributed by atoms with van der Waals surface area (Å²) in [6.45, 7) is 2.27. The van der Waals surface area contributed by atoms with Gasteiger partial charge in [0.05, 0.1) is 54.7 Å². The zero-order chi connectivity index (χ0) is 26.4. The van der Waals surface area contributed by atoms with Gasteiger partial charge in [0, 0.05) is 47.9 Å². The molecule has 0 saturated carbocycles. The number of benzene rings is 3. The molecular formula is C34H34N3O2+. The minimum absolute atomic E-state index is 0.495. The van der Waals surface area contributed by atoms with Gasteiger partial charge < -0.3 is 9.84 Å². The van der Waals surface area contributed by atoms with Crippen LogP contribution in [0.25, 0.3) is 32.7 Å². The Morgan fingerprint density at radius 2 is 1.69 bits per heavy atom. The number of hydrogen-bond donors (Lipinski definition) is 1. The first-order valence-electron chi connectivity index (χ1n) is 14.1. The summed E-state index contributed by atoms with van der Waals surface area (Å²) in [5.74, 6) is 1.62. The second-order valence-electron chi connectivity index (χ2n) is 11.3. The van der Waals surface area contributed by atoms with E-state index in [1.165, 1.54) is 35.6 Å². The average Bonchev–Trinajstić information content (AvgIpc) is 2.99. The van der Waals surface area contributed by atoms with E-state index in [0.29, 0.717) is 11.7 Å². The number of methoxy groups -OCH3 is 1. The maximum absolute atomic E-state index is 11.2. The number of fused-ring (bicyclic) bond motifs is 6. The van der Waals surface area contributed by atoms with Gasteiger partial charge in [0.2, 0.25) is 0 Å². The predicted octanol–water partition coefficient (Wildman–Crippen LogP) is 6.73. The van der Waals surface area contributed by atoms with E-state index < -0.39 is 6.10 Å². The van der Waals surface area contributed by atoms with Crippen molar-refractivity contribution in [2.45, 2.75) is 37.8 Å². The van der Waals surface area contributed by atoms with Gasteiger partial charge in [-0.3, -0.25) is 4.48 Å². The maximum atomic E-state index is 11.2. The number of aliphatic hydroxyl groups excluding tert-OH is 1. The number of pyridine rings is 2. The standard InChI is InChI=1S/C34H34N3O2/c1-39-28-10-12-31-26(21-28)9-11-33(36-31)34(38)15-18-37-16-13-23(14-17-37)19-27(37)20-24-6-4-8-32-29(24)22-25-5-2-3-7-30(25)35-32/h2-12,15,18,21-23,27,34,38H,13-14,16-17,19-20H2,1H3/q+1/t23?,27-,34+,37?/m0/s1. The molecule has 3 fully saturated rings. The number of aliphatic hydroxyl groups is 1. The number of ether oxygens (including phenoxy) is 1. The van der Waals surface area contributed by atoms with Crippen LogP contribution in [-0.2, 0) is 6.42 Å². The third-order valence-corrected chi connectivity index (χ3v) is 9.13. The van der Waals surface area contributed by atoms with E-state index in [9.17, 15) is 5.11 Å². The van der Waals surface area contributed by atoms with E-state index in [-0.39, 0.29) is 0 Å². The van der Waals surface area contributed by atoms with E-state index in [4.69, 9.17) is 14.7 Å². The number of aromatic nitrogens is 2. The topological polar surface area (TPSA) is 55.2 Å². The van der Waals surface area contributed by atoms with E-state index in [1.807, 2.05) is 36.4 Å². The van der Waals surface area contributed by atoms with Gasteiger partial charge in [-0.1, -0.05) is 36.4 Å². The van der Waals surface area contributed by atoms with Crippen molar-refractivity contribution in [1.29, 1.82) is 0 Å². The quantitative estimate of drug-likeness (QED) is 0.201. The summed E-state index contributed by atoms with van der Waals surface area (Å²) in [6, 6.07) is 27.5. The third kappa shape index (κ3) is 4.46. The summed E-state index contributed by atoms with van der Waals surface area (Å²) in [7, 11) is 1.67. The highest BCUT2D eigenvalue weighted by Gasteiger charge is 2.46. The molecule has 196 valence electrons. The fraction of sp³-hybridized carbons (Fsp3) is 0.294. The lowest BCUT2D eigenvalue weighted by molar-refractivity contribution is -0.920. The SMILES string of the molecule is COc1ccc2nc([C@H](O)C=C[N+]34CCC(CC3)C[C@H]4Cc3cccc4nc5ccccc5cc34)ccc2c1. The molecule has 3 aromatic carbocycles. The van der Waals surface area contributed by atoms with E-state index in [2.05, 4.69) is 54.7 Å². The monoisotopic (exact) mass is 516 g/mol. The summed E-state index contributed by atoms with van der Waals surface area (Å²) in [5.41, 5.74) is 5.03. The van der Waals surface area contributed by atoms with Crippen molar-refractivity contribution in [2.75, 3.05) is 20.2 Å². The normalized spacial score (nSPS) is 23.6. The molecule has 0 unspecified atom stereocenters. The number of quaternary nitrogens is 1. The number of rotatable bonds is 6. The van der Waals surface area contributed by atoms with Crippen molar-refractivity contribution in [3.63, 3.8) is 0 Å². The molecule has 0 aliphatic carbocycles. The molecule has 2 aromatic heterocycles. The molecule has 5 nitrogen and oxygen atoms in total. The molecule has 0 amide bonds. The third-order valence-electron chi connectivity index (χ3n) is 9.13. The first-order chi connectivity index (χ1) is 19.1. The molecule has 0 radical (unpaired) electrons. The second-order valence-corrected chi connectivity index (χ2v) is 11.3. The molecule has 39 heavy (non-hydrogen) atoms. The number of para-hydroxylation sites is 1. The van der Waals surface area contributed by atoms with Crippen molar-refractivity contribution in [2.24, 2.45) is 5.92 Å². The van der Waals surface area contributed by atoms with Crippen LogP contribution < -0.4 is 4.74 Å². The fourth-order valence-corrected chi connectivity index (χ4v) is 6.89. The molecule has 5 heteroatoms. The molecule has 0 spiro atoms. The van der Waals surface area contributed by atoms with Crippen molar-refractivity contribution in [1.82, 2.24) is 9.97 Å². The zero-order valence-electron chi connectivity index (χ0n) is 22.3. The van der Waals surface area contributed by atoms with Gasteiger partial charge in [0.15, 0.2) is 0 Å². The van der Waals surface area contributed by atoms with Crippen LogP contribution in [0.3, 0.4) is 0 Å². The lowest BCUT2D eigenvalue weighted by Crippen LogP contribution is -2.61. The van der Waals surface area contributed by atoms with E-state index in [1.54, 1.807) is 7.11 Å². The van der Waals surface area contributed by atoms with E-state index in [0.717, 1.165) is 57.6 Å². The Morgan fingerprint density at radius 3 is 2.56 bits per heavy atom. The van der Waals surface area contributed by atoms with Crippen molar-refractivity contribution < 1.29 is 14.3 Å². The van der Waals surface area contributed by atoms with Gasteiger partial charge in [-0.2, -0.15) is 0 Å². The van der Waals surface area contributed by atoms with E-state index >= 15 is 0 Å². The molecule has 2 bridgehead atoms. The maximum Gasteiger partial charge on any atom is 0.119 e. The molecular weight excluding hydrogens is 482 g/mol. The lowest BCUT2D eigenvalue weighted by Gasteiger charge is -2.52. The van der Waals surface area contributed by atoms with Crippen LogP contribution in [0.1, 0.15) is 36.6 Å². The first kappa shape index (κ1) is 24.3. The second kappa shape index (κ2) is 9.74. The molecule has 5 aromatic rings. The van der Waals surface area contributed by atoms with Gasteiger partial charge in [0.25, 0.3) is 0 Å². The Hall–Kier alpha value is -3.80. The highest BCUT2D eigenvalue weighted by molar-refractivity contribution is 5.94. The van der Waals surface area contributed by atoms with Crippen LogP contribution in [0.5, 0.6) is 5.75 Å². The van der Waals surface area contributed by atoms with Crippen LogP contribution >= 0.6 is 0 Å². The zero-order valence-corrected chi connectivity index (χ0v) is 22.3. The summed E-state index contributed by atoms with van der Waals surface area (Å²) in [5, 5.41) is 14.6. The van der Waals surface area contributed by atoms with Gasteiger partial charge in [0.1, 0.15) is 11.9 Å². The Kier molecular flexibility index (Phi) is 6.06. The summed E-state index contributed by atoms with van der Waals surface area (Å²) in [6.07, 6.45) is 8.30. The molecule has 8 rings (SSSR count). The summed E-state index contributed by atoms with van der Waals surface area (Å²) in [4.78, 5) is 9.70. The van der Waals surface area contributed by atoms with Crippen LogP contribution in [0.15, 0.2) is 91.1 Å². The summed E-state index contributed by atoms with van der Waals surface area (Å²) >= 11 is 0. The lowest BCUT2D eigenvalue weighted by atomic mass is 9.78. The number of piperidine rings is 3. The van der Waals surface area contributed by atoms with Crippen LogP contribution in [0, 0.1) is 5.92 Å². The molecule has 3 aliphatic heterocycles. The Morgan fingerprint density at radius 1 is 0.897 bits per heavy atom. The molecule has 3 saturated heterocycles. The predicted molar refractivity (Wildman–Crippen MR) is 156 cm³/mol. The van der Waals surface area contributed by atoms with Crippen molar-refractivity contribution >= 4 is 32.7 Å². The average molecular weight is 517 g/mol. The van der Waals surface area contributed by atoms with Gasteiger partial charge in [-0.25, -0.2) is 9.97 Å². The van der Waals surface area contributed by atoms with Gasteiger partial charge >= 0.3 is 0 Å². The van der Waals surface area contributed by atoms with Crippen LogP contribution in [-0.4, -0.2) is 45.8 Å². The molecule has 2 atom stereocenters. The number of nitrogens with zero attached hydrogens (tertiary/aromatic N) is 3. The molecule has 1 N–H and O–H groups in total. The minimum Gasteiger partial charge on any atom is -0.497 e. The smallest absolute Gasteiger partial charge is 0.119 e. The Balaban J connectivity index is 1.18. The van der Waals surface area contributed by atoms with Gasteiger partial charge in [-0.05, 0) is 53.9 Å².